The zero-order valence-electron chi connectivity index (χ0n) is 7.06. The Morgan fingerprint density at radius 3 is 2.67 bits per heavy atom. The lowest BCUT2D eigenvalue weighted by Gasteiger charge is -2.08. The number of phenolic OH excluding ortho intramolecular Hbond substituents is 1. The van der Waals surface area contributed by atoms with Gasteiger partial charge in [0.15, 0.2) is 7.28 Å². The summed E-state index contributed by atoms with van der Waals surface area (Å²) in [6, 6.07) is 1.41. The second-order valence-electron chi connectivity index (χ2n) is 2.65. The molecule has 1 aromatic carbocycles. The monoisotopic (exact) mass is 161 g/mol. The van der Waals surface area contributed by atoms with Crippen LogP contribution in [0.2, 0.25) is 6.82 Å². The van der Waals surface area contributed by atoms with Gasteiger partial charge in [-0.2, -0.15) is 0 Å². The van der Waals surface area contributed by atoms with Gasteiger partial charge >= 0.3 is 0 Å². The Bertz CT molecular complexity index is 286. The molecule has 3 radical (unpaired) electrons. The predicted molar refractivity (Wildman–Crippen MR) is 49.4 cm³/mol. The van der Waals surface area contributed by atoms with E-state index < -0.39 is 5.82 Å². The van der Waals surface area contributed by atoms with Crippen LogP contribution in [0, 0.1) is 12.7 Å². The first-order chi connectivity index (χ1) is 5.57. The maximum atomic E-state index is 13.1. The van der Waals surface area contributed by atoms with Gasteiger partial charge in [0.2, 0.25) is 0 Å². The molecule has 0 amide bonds. The highest BCUT2D eigenvalue weighted by atomic mass is 19.1. The van der Waals surface area contributed by atoms with Gasteiger partial charge in [-0.25, -0.2) is 4.39 Å². The molecule has 59 valence electrons. The van der Waals surface area contributed by atoms with E-state index in [9.17, 15) is 9.50 Å². The predicted octanol–water partition coefficient (Wildman–Crippen LogP) is 0.0111. The minimum absolute atomic E-state index is 0.0378. The summed E-state index contributed by atoms with van der Waals surface area (Å²) in [7, 11) is 6.85. The number of hydrogen-bond acceptors (Lipinski definition) is 1. The summed E-state index contributed by atoms with van der Waals surface area (Å²) in [6.07, 6.45) is 0. The molecular formula is C8H8B2FO. The Hall–Kier alpha value is -0.920. The molecule has 0 aliphatic rings. The van der Waals surface area contributed by atoms with Crippen LogP contribution in [0.15, 0.2) is 6.07 Å². The summed E-state index contributed by atoms with van der Waals surface area (Å²) in [5.41, 5.74) is 0.827. The third-order valence-corrected chi connectivity index (χ3v) is 1.78. The summed E-state index contributed by atoms with van der Waals surface area (Å²) in [6.45, 7) is 3.33. The molecule has 0 atom stereocenters. The molecular weight excluding hydrogens is 153 g/mol. The third kappa shape index (κ3) is 1.33. The molecule has 1 rings (SSSR count). The van der Waals surface area contributed by atoms with E-state index in [1.54, 1.807) is 13.7 Å². The molecule has 12 heavy (non-hydrogen) atoms. The van der Waals surface area contributed by atoms with E-state index in [1.807, 2.05) is 0 Å². The van der Waals surface area contributed by atoms with Crippen LogP contribution in [-0.2, 0) is 0 Å². The van der Waals surface area contributed by atoms with Crippen molar-refractivity contribution in [3.05, 3.63) is 17.4 Å². The average Bonchev–Trinajstić information content (AvgIpc) is 2.02. The van der Waals surface area contributed by atoms with E-state index >= 15 is 0 Å². The highest BCUT2D eigenvalue weighted by Gasteiger charge is 2.11. The highest BCUT2D eigenvalue weighted by molar-refractivity contribution is 6.54. The van der Waals surface area contributed by atoms with Crippen LogP contribution in [0.3, 0.4) is 0 Å². The number of halogens is 1. The quantitative estimate of drug-likeness (QED) is 0.575. The first-order valence-corrected chi connectivity index (χ1v) is 3.64. The van der Waals surface area contributed by atoms with Gasteiger partial charge in [-0.1, -0.05) is 18.4 Å². The average molecular weight is 161 g/mol. The molecule has 0 saturated carbocycles. The largest absolute Gasteiger partial charge is 0.508 e. The van der Waals surface area contributed by atoms with Crippen molar-refractivity contribution < 1.29 is 9.50 Å². The Balaban J connectivity index is 3.42. The molecule has 0 aliphatic heterocycles. The molecule has 0 spiro atoms. The van der Waals surface area contributed by atoms with Crippen LogP contribution < -0.4 is 10.9 Å². The first kappa shape index (κ1) is 9.17. The first-order valence-electron chi connectivity index (χ1n) is 3.64. The van der Waals surface area contributed by atoms with Crippen molar-refractivity contribution in [3.63, 3.8) is 0 Å². The van der Waals surface area contributed by atoms with Gasteiger partial charge in [0.1, 0.15) is 19.4 Å². The number of aromatic hydroxyl groups is 1. The van der Waals surface area contributed by atoms with Gasteiger partial charge < -0.3 is 5.11 Å². The van der Waals surface area contributed by atoms with Crippen LogP contribution in [0.4, 0.5) is 4.39 Å². The molecule has 0 bridgehead atoms. The Morgan fingerprint density at radius 1 is 1.58 bits per heavy atom. The molecule has 0 unspecified atom stereocenters. The normalized spacial score (nSPS) is 9.92. The zero-order valence-corrected chi connectivity index (χ0v) is 7.06. The van der Waals surface area contributed by atoms with Gasteiger partial charge in [-0.3, -0.25) is 0 Å². The molecule has 0 aliphatic carbocycles. The summed E-state index contributed by atoms with van der Waals surface area (Å²) < 4.78 is 13.1. The lowest BCUT2D eigenvalue weighted by molar-refractivity contribution is 0.471. The van der Waals surface area contributed by atoms with Crippen LogP contribution >= 0.6 is 0 Å². The van der Waals surface area contributed by atoms with Crippen molar-refractivity contribution in [1.82, 2.24) is 0 Å². The zero-order chi connectivity index (χ0) is 9.30. The summed E-state index contributed by atoms with van der Waals surface area (Å²) in [4.78, 5) is 0. The minimum Gasteiger partial charge on any atom is -0.508 e. The van der Waals surface area contributed by atoms with Crippen molar-refractivity contribution in [3.8, 4) is 5.75 Å². The molecule has 1 N–H and O–H groups in total. The number of rotatable bonds is 1. The maximum absolute atomic E-state index is 13.1. The molecule has 4 heteroatoms. The van der Waals surface area contributed by atoms with Crippen LogP contribution in [0.25, 0.3) is 0 Å². The maximum Gasteiger partial charge on any atom is 0.157 e. The van der Waals surface area contributed by atoms with Gasteiger partial charge in [-0.15, -0.1) is 0 Å². The van der Waals surface area contributed by atoms with E-state index in [0.29, 0.717) is 5.56 Å². The molecule has 0 heterocycles. The van der Waals surface area contributed by atoms with E-state index in [2.05, 4.69) is 0 Å². The topological polar surface area (TPSA) is 20.2 Å². The van der Waals surface area contributed by atoms with Crippen LogP contribution in [-0.4, -0.2) is 20.2 Å². The van der Waals surface area contributed by atoms with E-state index in [-0.39, 0.29) is 16.7 Å². The van der Waals surface area contributed by atoms with Gasteiger partial charge in [0.25, 0.3) is 0 Å². The molecule has 0 fully saturated rings. The fourth-order valence-corrected chi connectivity index (χ4v) is 1.10. The Morgan fingerprint density at radius 2 is 2.17 bits per heavy atom. The number of phenols is 1. The molecule has 0 saturated heterocycles. The van der Waals surface area contributed by atoms with Crippen molar-refractivity contribution in [2.24, 2.45) is 0 Å². The summed E-state index contributed by atoms with van der Waals surface area (Å²) in [5.74, 6) is -0.593. The molecule has 1 nitrogen and oxygen atoms in total. The second-order valence-corrected chi connectivity index (χ2v) is 2.65. The lowest BCUT2D eigenvalue weighted by atomic mass is 9.69. The highest BCUT2D eigenvalue weighted by Crippen LogP contribution is 2.11. The van der Waals surface area contributed by atoms with Crippen molar-refractivity contribution in [2.75, 3.05) is 0 Å². The van der Waals surface area contributed by atoms with Crippen molar-refractivity contribution >= 4 is 26.1 Å². The molecule has 1 aromatic rings. The number of hydrogen-bond donors (Lipinski definition) is 1. The third-order valence-electron chi connectivity index (χ3n) is 1.78. The van der Waals surface area contributed by atoms with Gasteiger partial charge in [-0.05, 0) is 17.9 Å². The SMILES string of the molecule is [B]c1cc(C)c(O)c([B]C)c1F. The van der Waals surface area contributed by atoms with E-state index in [0.717, 1.165) is 0 Å². The lowest BCUT2D eigenvalue weighted by Crippen LogP contribution is -2.26. The Kier molecular flexibility index (Phi) is 2.46. The number of benzene rings is 1. The smallest absolute Gasteiger partial charge is 0.157 e. The van der Waals surface area contributed by atoms with Gasteiger partial charge in [0, 0.05) is 0 Å². The van der Waals surface area contributed by atoms with Crippen molar-refractivity contribution in [2.45, 2.75) is 13.7 Å². The second kappa shape index (κ2) is 3.21. The fraction of sp³-hybridized carbons (Fsp3) is 0.250. The van der Waals surface area contributed by atoms with Gasteiger partial charge in [0.05, 0.1) is 0 Å². The summed E-state index contributed by atoms with van der Waals surface area (Å²) >= 11 is 0. The van der Waals surface area contributed by atoms with E-state index in [4.69, 9.17) is 7.85 Å². The minimum atomic E-state index is -0.555. The van der Waals surface area contributed by atoms with Crippen LogP contribution in [0.5, 0.6) is 5.75 Å². The van der Waals surface area contributed by atoms with E-state index in [1.165, 1.54) is 13.3 Å². The van der Waals surface area contributed by atoms with Crippen molar-refractivity contribution in [1.29, 1.82) is 0 Å². The van der Waals surface area contributed by atoms with Crippen LogP contribution in [0.1, 0.15) is 5.56 Å². The fourth-order valence-electron chi connectivity index (χ4n) is 1.10. The molecule has 0 aromatic heterocycles. The standard InChI is InChI=1S/C8H8B2FO/c1-4-3-5(9)7(11)6(10-2)8(4)12/h3,12H,1-2H3. The Labute approximate surface area is 73.3 Å². The summed E-state index contributed by atoms with van der Waals surface area (Å²) in [5, 5.41) is 9.38. The number of aryl methyl sites for hydroxylation is 1.